The van der Waals surface area contributed by atoms with Crippen LogP contribution in [0.4, 0.5) is 4.39 Å². The van der Waals surface area contributed by atoms with E-state index in [0.29, 0.717) is 25.1 Å². The Kier molecular flexibility index (Phi) is 10.4. The van der Waals surface area contributed by atoms with Crippen molar-refractivity contribution in [3.63, 3.8) is 0 Å². The molecule has 0 atom stereocenters. The molecule has 2 rings (SSSR count). The number of guanidine groups is 1. The van der Waals surface area contributed by atoms with Gasteiger partial charge >= 0.3 is 0 Å². The molecule has 0 unspecified atom stereocenters. The molecular formula is C20H31FIN5. The normalized spacial score (nSPS) is 11.2. The third kappa shape index (κ3) is 6.48. The molecule has 0 fully saturated rings. The van der Waals surface area contributed by atoms with E-state index in [4.69, 9.17) is 4.99 Å². The van der Waals surface area contributed by atoms with Gasteiger partial charge in [-0.1, -0.05) is 32.0 Å². The third-order valence-corrected chi connectivity index (χ3v) is 4.41. The van der Waals surface area contributed by atoms with Gasteiger partial charge in [-0.3, -0.25) is 4.68 Å². The molecule has 0 radical (unpaired) electrons. The zero-order chi connectivity index (χ0) is 18.9. The quantitative estimate of drug-likeness (QED) is 0.340. The number of aryl methyl sites for hydroxylation is 2. The van der Waals surface area contributed by atoms with Gasteiger partial charge in [0.15, 0.2) is 5.96 Å². The summed E-state index contributed by atoms with van der Waals surface area (Å²) in [5.74, 6) is 0.587. The van der Waals surface area contributed by atoms with Crippen LogP contribution in [0, 0.1) is 5.82 Å². The summed E-state index contributed by atoms with van der Waals surface area (Å²) in [6.07, 6.45) is 2.45. The SMILES string of the molecule is CCNC(=NCc1c(CC)nn(C)c1CC)NCCc1ccccc1F.I. The van der Waals surface area contributed by atoms with Crippen molar-refractivity contribution in [3.8, 4) is 0 Å². The van der Waals surface area contributed by atoms with Gasteiger partial charge in [-0.2, -0.15) is 5.10 Å². The van der Waals surface area contributed by atoms with Crippen LogP contribution in [0.5, 0.6) is 0 Å². The van der Waals surface area contributed by atoms with Gasteiger partial charge in [0.2, 0.25) is 0 Å². The zero-order valence-corrected chi connectivity index (χ0v) is 19.0. The van der Waals surface area contributed by atoms with Crippen LogP contribution in [-0.4, -0.2) is 28.8 Å². The molecule has 0 aliphatic heterocycles. The molecule has 2 aromatic rings. The number of benzene rings is 1. The number of aliphatic imine (C=N–C) groups is 1. The van der Waals surface area contributed by atoms with E-state index in [1.807, 2.05) is 30.8 Å². The van der Waals surface area contributed by atoms with Crippen molar-refractivity contribution in [2.75, 3.05) is 13.1 Å². The van der Waals surface area contributed by atoms with Crippen LogP contribution in [0.25, 0.3) is 0 Å². The van der Waals surface area contributed by atoms with Crippen molar-refractivity contribution < 1.29 is 4.39 Å². The van der Waals surface area contributed by atoms with Crippen LogP contribution in [0.2, 0.25) is 0 Å². The van der Waals surface area contributed by atoms with E-state index < -0.39 is 0 Å². The second-order valence-corrected chi connectivity index (χ2v) is 6.17. The first-order valence-electron chi connectivity index (χ1n) is 9.39. The van der Waals surface area contributed by atoms with Crippen molar-refractivity contribution in [1.82, 2.24) is 20.4 Å². The fraction of sp³-hybridized carbons (Fsp3) is 0.500. The van der Waals surface area contributed by atoms with Gasteiger partial charge in [-0.15, -0.1) is 24.0 Å². The standard InChI is InChI=1S/C20H30FN5.HI/c1-5-18-16(19(6-2)26(4)25-18)14-24-20(22-7-3)23-13-12-15-10-8-9-11-17(15)21;/h8-11H,5-7,12-14H2,1-4H3,(H2,22,23,24);1H. The highest BCUT2D eigenvalue weighted by Gasteiger charge is 2.13. The Morgan fingerprint density at radius 1 is 1.15 bits per heavy atom. The predicted octanol–water partition coefficient (Wildman–Crippen LogP) is 3.60. The van der Waals surface area contributed by atoms with E-state index in [1.54, 1.807) is 6.07 Å². The lowest BCUT2D eigenvalue weighted by molar-refractivity contribution is 0.606. The Morgan fingerprint density at radius 2 is 1.89 bits per heavy atom. The average Bonchev–Trinajstić information content (AvgIpc) is 2.95. The Bertz CT molecular complexity index is 742. The van der Waals surface area contributed by atoms with Gasteiger partial charge in [-0.05, 0) is 37.8 Å². The molecule has 2 N–H and O–H groups in total. The predicted molar refractivity (Wildman–Crippen MR) is 120 cm³/mol. The van der Waals surface area contributed by atoms with Crippen molar-refractivity contribution >= 4 is 29.9 Å². The molecule has 0 spiro atoms. The van der Waals surface area contributed by atoms with Crippen LogP contribution < -0.4 is 10.6 Å². The highest BCUT2D eigenvalue weighted by molar-refractivity contribution is 14.0. The Morgan fingerprint density at radius 3 is 2.52 bits per heavy atom. The summed E-state index contributed by atoms with van der Waals surface area (Å²) in [5.41, 5.74) is 4.26. The lowest BCUT2D eigenvalue weighted by Crippen LogP contribution is -2.38. The van der Waals surface area contributed by atoms with Crippen molar-refractivity contribution in [2.45, 2.75) is 46.6 Å². The second-order valence-electron chi connectivity index (χ2n) is 6.17. The second kappa shape index (κ2) is 11.9. The highest BCUT2D eigenvalue weighted by Crippen LogP contribution is 2.16. The van der Waals surface area contributed by atoms with E-state index in [2.05, 4.69) is 29.6 Å². The van der Waals surface area contributed by atoms with Crippen molar-refractivity contribution in [1.29, 1.82) is 0 Å². The smallest absolute Gasteiger partial charge is 0.191 e. The lowest BCUT2D eigenvalue weighted by Gasteiger charge is -2.12. The van der Waals surface area contributed by atoms with Crippen LogP contribution in [0.3, 0.4) is 0 Å². The first-order valence-corrected chi connectivity index (χ1v) is 9.39. The van der Waals surface area contributed by atoms with Gasteiger partial charge in [0.1, 0.15) is 5.82 Å². The first kappa shape index (κ1) is 23.4. The molecule has 1 heterocycles. The number of halogens is 2. The fourth-order valence-electron chi connectivity index (χ4n) is 3.09. The van der Waals surface area contributed by atoms with Gasteiger partial charge in [0, 0.05) is 31.4 Å². The third-order valence-electron chi connectivity index (χ3n) is 4.41. The summed E-state index contributed by atoms with van der Waals surface area (Å²) < 4.78 is 15.7. The summed E-state index contributed by atoms with van der Waals surface area (Å²) >= 11 is 0. The molecule has 0 amide bonds. The molecule has 7 heteroatoms. The fourth-order valence-corrected chi connectivity index (χ4v) is 3.09. The summed E-state index contributed by atoms with van der Waals surface area (Å²) in [5, 5.41) is 11.1. The molecule has 0 aliphatic carbocycles. The topological polar surface area (TPSA) is 54.2 Å². The highest BCUT2D eigenvalue weighted by atomic mass is 127. The molecular weight excluding hydrogens is 456 g/mol. The van der Waals surface area contributed by atoms with E-state index in [-0.39, 0.29) is 29.8 Å². The first-order chi connectivity index (χ1) is 12.6. The van der Waals surface area contributed by atoms with Crippen LogP contribution in [0.15, 0.2) is 29.3 Å². The minimum absolute atomic E-state index is 0. The van der Waals surface area contributed by atoms with E-state index in [9.17, 15) is 4.39 Å². The summed E-state index contributed by atoms with van der Waals surface area (Å²) in [6.45, 7) is 8.29. The van der Waals surface area contributed by atoms with Crippen molar-refractivity contribution in [3.05, 3.63) is 52.6 Å². The average molecular weight is 487 g/mol. The molecule has 5 nitrogen and oxygen atoms in total. The zero-order valence-electron chi connectivity index (χ0n) is 16.7. The van der Waals surface area contributed by atoms with E-state index >= 15 is 0 Å². The molecule has 1 aromatic heterocycles. The number of nitrogens with one attached hydrogen (secondary N) is 2. The Labute approximate surface area is 178 Å². The van der Waals surface area contributed by atoms with E-state index in [0.717, 1.165) is 31.0 Å². The number of aromatic nitrogens is 2. The molecule has 27 heavy (non-hydrogen) atoms. The minimum Gasteiger partial charge on any atom is -0.357 e. The lowest BCUT2D eigenvalue weighted by atomic mass is 10.1. The van der Waals surface area contributed by atoms with E-state index in [1.165, 1.54) is 17.3 Å². The molecule has 0 bridgehead atoms. The number of nitrogens with zero attached hydrogens (tertiary/aromatic N) is 3. The largest absolute Gasteiger partial charge is 0.357 e. The van der Waals surface area contributed by atoms with Crippen LogP contribution >= 0.6 is 24.0 Å². The molecule has 150 valence electrons. The Hall–Kier alpha value is -1.64. The van der Waals surface area contributed by atoms with Gasteiger partial charge in [0.25, 0.3) is 0 Å². The summed E-state index contributed by atoms with van der Waals surface area (Å²) in [4.78, 5) is 4.72. The van der Waals surface area contributed by atoms with Crippen LogP contribution in [-0.2, 0) is 32.9 Å². The Balaban J connectivity index is 0.00000364. The van der Waals surface area contributed by atoms with Crippen LogP contribution in [0.1, 0.15) is 43.3 Å². The minimum atomic E-state index is -0.160. The summed E-state index contributed by atoms with van der Waals surface area (Å²) in [6, 6.07) is 6.88. The molecule has 0 aliphatic rings. The molecule has 0 saturated carbocycles. The maximum Gasteiger partial charge on any atom is 0.191 e. The molecule has 0 saturated heterocycles. The monoisotopic (exact) mass is 487 g/mol. The number of rotatable bonds is 8. The van der Waals surface area contributed by atoms with Crippen molar-refractivity contribution in [2.24, 2.45) is 12.0 Å². The number of hydrogen-bond donors (Lipinski definition) is 2. The maximum absolute atomic E-state index is 13.7. The molecule has 1 aromatic carbocycles. The van der Waals surface area contributed by atoms with Gasteiger partial charge < -0.3 is 10.6 Å². The van der Waals surface area contributed by atoms with Gasteiger partial charge in [-0.25, -0.2) is 9.38 Å². The number of hydrogen-bond acceptors (Lipinski definition) is 2. The maximum atomic E-state index is 13.7. The van der Waals surface area contributed by atoms with Gasteiger partial charge in [0.05, 0.1) is 12.2 Å². The summed E-state index contributed by atoms with van der Waals surface area (Å²) in [7, 11) is 1.99.